The van der Waals surface area contributed by atoms with Gasteiger partial charge in [0.25, 0.3) is 0 Å². The van der Waals surface area contributed by atoms with Crippen molar-refractivity contribution in [2.45, 2.75) is 6.42 Å². The van der Waals surface area contributed by atoms with E-state index in [1.807, 2.05) is 0 Å². The van der Waals surface area contributed by atoms with Crippen molar-refractivity contribution in [2.75, 3.05) is 0 Å². The van der Waals surface area contributed by atoms with Crippen LogP contribution in [-0.2, 0) is 6.42 Å². The summed E-state index contributed by atoms with van der Waals surface area (Å²) in [6.45, 7) is 3.58. The molecular weight excluding hydrogens is 180 g/mol. The minimum absolute atomic E-state index is 0.785. The lowest BCUT2D eigenvalue weighted by Gasteiger charge is -2.02. The monoisotopic (exact) mass is 192 g/mol. The predicted octanol–water partition coefficient (Wildman–Crippen LogP) is 3.57. The summed E-state index contributed by atoms with van der Waals surface area (Å²) in [4.78, 5) is 0. The second-order valence-corrected chi connectivity index (χ2v) is 3.34. The van der Waals surface area contributed by atoms with E-state index in [1.165, 1.54) is 16.3 Å². The molecule has 0 amide bonds. The van der Waals surface area contributed by atoms with Crippen molar-refractivity contribution in [3.63, 3.8) is 0 Å². The van der Waals surface area contributed by atoms with Crippen LogP contribution in [0.1, 0.15) is 5.56 Å². The summed E-state index contributed by atoms with van der Waals surface area (Å²) in [6.07, 6.45) is 2.42. The van der Waals surface area contributed by atoms with Gasteiger partial charge in [0.1, 0.15) is 0 Å². The molecule has 15 heavy (non-hydrogen) atoms. The highest BCUT2D eigenvalue weighted by Gasteiger charge is 1.97. The number of hydrogen-bond acceptors (Lipinski definition) is 0. The molecule has 2 aromatic rings. The van der Waals surface area contributed by atoms with Gasteiger partial charge in [-0.15, -0.1) is 0 Å². The van der Waals surface area contributed by atoms with Crippen LogP contribution in [-0.4, -0.2) is 0 Å². The van der Waals surface area contributed by atoms with Crippen LogP contribution in [0.2, 0.25) is 0 Å². The standard InChI is InChI=1S/C15H12/c1-2-3-4-8-13-10-7-11-14-9-5-6-12-15(13)14/h2,5-7,9-12H,1,8H2. The molecule has 0 spiro atoms. The van der Waals surface area contributed by atoms with Crippen molar-refractivity contribution in [3.8, 4) is 11.8 Å². The molecule has 0 atom stereocenters. The van der Waals surface area contributed by atoms with Gasteiger partial charge in [0.05, 0.1) is 0 Å². The van der Waals surface area contributed by atoms with E-state index in [2.05, 4.69) is 60.9 Å². The SMILES string of the molecule is C=CC#CCc1cccc2ccccc12. The van der Waals surface area contributed by atoms with Crippen LogP contribution < -0.4 is 0 Å². The van der Waals surface area contributed by atoms with Crippen LogP contribution in [0.3, 0.4) is 0 Å². The number of benzene rings is 2. The molecule has 0 aromatic heterocycles. The van der Waals surface area contributed by atoms with Gasteiger partial charge >= 0.3 is 0 Å². The highest BCUT2D eigenvalue weighted by molar-refractivity contribution is 5.85. The van der Waals surface area contributed by atoms with E-state index < -0.39 is 0 Å². The van der Waals surface area contributed by atoms with Gasteiger partial charge in [-0.3, -0.25) is 0 Å². The Labute approximate surface area is 90.2 Å². The lowest BCUT2D eigenvalue weighted by Crippen LogP contribution is -1.83. The van der Waals surface area contributed by atoms with E-state index in [0.717, 1.165) is 6.42 Å². The summed E-state index contributed by atoms with van der Waals surface area (Å²) < 4.78 is 0. The fourth-order valence-electron chi connectivity index (χ4n) is 1.67. The van der Waals surface area contributed by atoms with Crippen molar-refractivity contribution in [2.24, 2.45) is 0 Å². The Bertz CT molecular complexity index is 533. The molecule has 0 fully saturated rings. The van der Waals surface area contributed by atoms with Gasteiger partial charge in [0.2, 0.25) is 0 Å². The Hall–Kier alpha value is -2.00. The van der Waals surface area contributed by atoms with Crippen molar-refractivity contribution in [1.29, 1.82) is 0 Å². The van der Waals surface area contributed by atoms with Crippen LogP contribution in [0.4, 0.5) is 0 Å². The summed E-state index contributed by atoms with van der Waals surface area (Å²) in [5.74, 6) is 5.95. The number of allylic oxidation sites excluding steroid dienone is 1. The van der Waals surface area contributed by atoms with E-state index in [1.54, 1.807) is 6.08 Å². The second kappa shape index (κ2) is 4.48. The highest BCUT2D eigenvalue weighted by atomic mass is 14.0. The molecule has 0 aliphatic rings. The Kier molecular flexibility index (Phi) is 2.85. The average molecular weight is 192 g/mol. The zero-order valence-electron chi connectivity index (χ0n) is 8.53. The van der Waals surface area contributed by atoms with E-state index in [-0.39, 0.29) is 0 Å². The molecule has 0 saturated carbocycles. The van der Waals surface area contributed by atoms with Gasteiger partial charge in [-0.1, -0.05) is 60.9 Å². The van der Waals surface area contributed by atoms with Gasteiger partial charge < -0.3 is 0 Å². The molecular formula is C15H12. The third-order valence-corrected chi connectivity index (χ3v) is 2.36. The molecule has 0 unspecified atom stereocenters. The lowest BCUT2D eigenvalue weighted by atomic mass is 10.0. The van der Waals surface area contributed by atoms with Crippen LogP contribution in [0.5, 0.6) is 0 Å². The minimum Gasteiger partial charge on any atom is -0.0937 e. The van der Waals surface area contributed by atoms with Crippen LogP contribution in [0.15, 0.2) is 55.1 Å². The molecule has 2 rings (SSSR count). The smallest absolute Gasteiger partial charge is 0.0350 e. The lowest BCUT2D eigenvalue weighted by molar-refractivity contribution is 1.36. The third kappa shape index (κ3) is 2.08. The predicted molar refractivity (Wildman–Crippen MR) is 65.6 cm³/mol. The van der Waals surface area contributed by atoms with Crippen LogP contribution >= 0.6 is 0 Å². The molecule has 0 heteroatoms. The zero-order chi connectivity index (χ0) is 10.5. The first-order chi connectivity index (χ1) is 7.42. The molecule has 0 heterocycles. The van der Waals surface area contributed by atoms with Gasteiger partial charge in [0, 0.05) is 6.42 Å². The van der Waals surface area contributed by atoms with Crippen LogP contribution in [0, 0.1) is 11.8 Å². The van der Waals surface area contributed by atoms with Crippen LogP contribution in [0.25, 0.3) is 10.8 Å². The maximum Gasteiger partial charge on any atom is 0.0350 e. The van der Waals surface area contributed by atoms with Gasteiger partial charge in [-0.2, -0.15) is 0 Å². The fourth-order valence-corrected chi connectivity index (χ4v) is 1.67. The Morgan fingerprint density at radius 2 is 1.87 bits per heavy atom. The number of rotatable bonds is 1. The Balaban J connectivity index is 2.46. The van der Waals surface area contributed by atoms with E-state index in [0.29, 0.717) is 0 Å². The fraction of sp³-hybridized carbons (Fsp3) is 0.0667. The topological polar surface area (TPSA) is 0 Å². The Morgan fingerprint density at radius 1 is 1.07 bits per heavy atom. The number of fused-ring (bicyclic) bond motifs is 1. The van der Waals surface area contributed by atoms with Crippen molar-refractivity contribution >= 4 is 10.8 Å². The Morgan fingerprint density at radius 3 is 2.73 bits per heavy atom. The first kappa shape index (κ1) is 9.55. The number of hydrogen-bond donors (Lipinski definition) is 0. The van der Waals surface area contributed by atoms with Crippen molar-refractivity contribution in [3.05, 3.63) is 60.7 Å². The van der Waals surface area contributed by atoms with Gasteiger partial charge in [-0.25, -0.2) is 0 Å². The molecule has 0 aliphatic heterocycles. The highest BCUT2D eigenvalue weighted by Crippen LogP contribution is 2.18. The molecule has 2 aromatic carbocycles. The van der Waals surface area contributed by atoms with Gasteiger partial charge in [-0.05, 0) is 22.4 Å². The zero-order valence-corrected chi connectivity index (χ0v) is 8.53. The molecule has 0 radical (unpaired) electrons. The molecule has 0 bridgehead atoms. The van der Waals surface area contributed by atoms with Crippen molar-refractivity contribution < 1.29 is 0 Å². The molecule has 0 saturated heterocycles. The summed E-state index contributed by atoms with van der Waals surface area (Å²) >= 11 is 0. The first-order valence-corrected chi connectivity index (χ1v) is 4.98. The first-order valence-electron chi connectivity index (χ1n) is 4.98. The summed E-state index contributed by atoms with van der Waals surface area (Å²) in [7, 11) is 0. The van der Waals surface area contributed by atoms with Gasteiger partial charge in [0.15, 0.2) is 0 Å². The maximum absolute atomic E-state index is 3.58. The van der Waals surface area contributed by atoms with E-state index in [4.69, 9.17) is 0 Å². The molecule has 0 N–H and O–H groups in total. The summed E-state index contributed by atoms with van der Waals surface area (Å²) in [5.41, 5.74) is 1.28. The second-order valence-electron chi connectivity index (χ2n) is 3.34. The van der Waals surface area contributed by atoms with E-state index >= 15 is 0 Å². The normalized spacial score (nSPS) is 9.33. The molecule has 0 nitrogen and oxygen atoms in total. The van der Waals surface area contributed by atoms with E-state index in [9.17, 15) is 0 Å². The molecule has 72 valence electrons. The summed E-state index contributed by atoms with van der Waals surface area (Å²) in [5, 5.41) is 2.56. The largest absolute Gasteiger partial charge is 0.0937 e. The summed E-state index contributed by atoms with van der Waals surface area (Å²) in [6, 6.07) is 14.7. The third-order valence-electron chi connectivity index (χ3n) is 2.36. The average Bonchev–Trinajstić information content (AvgIpc) is 2.30. The van der Waals surface area contributed by atoms with Crippen molar-refractivity contribution in [1.82, 2.24) is 0 Å². The molecule has 0 aliphatic carbocycles. The minimum atomic E-state index is 0.785. The quantitative estimate of drug-likeness (QED) is 0.606. The maximum atomic E-state index is 3.58.